The molecule has 0 bridgehead atoms. The van der Waals surface area contributed by atoms with E-state index < -0.39 is 17.3 Å². The topological polar surface area (TPSA) is 98.5 Å². The van der Waals surface area contributed by atoms with Gasteiger partial charge in [-0.1, -0.05) is 19.1 Å². The molecule has 1 aromatic rings. The van der Waals surface area contributed by atoms with Gasteiger partial charge in [-0.15, -0.1) is 11.3 Å². The Bertz CT molecular complexity index is 788. The minimum Gasteiger partial charge on any atom is -0.305 e. The number of nitriles is 3. The molecule has 1 unspecified atom stereocenters. The molecule has 5 nitrogen and oxygen atoms in total. The Morgan fingerprint density at radius 1 is 1.38 bits per heavy atom. The number of likely N-dealkylation sites (N-methyl/N-ethyl adjacent to an activating group) is 1. The Labute approximate surface area is 145 Å². The van der Waals surface area contributed by atoms with Crippen LogP contribution in [0.5, 0.6) is 0 Å². The van der Waals surface area contributed by atoms with E-state index in [1.807, 2.05) is 23.6 Å². The van der Waals surface area contributed by atoms with Crippen molar-refractivity contribution in [1.29, 1.82) is 21.2 Å². The van der Waals surface area contributed by atoms with E-state index in [1.54, 1.807) is 0 Å². The molecule has 0 spiro atoms. The van der Waals surface area contributed by atoms with Crippen LogP contribution >= 0.6 is 11.3 Å². The van der Waals surface area contributed by atoms with Crippen LogP contribution in [-0.4, -0.2) is 30.2 Å². The highest BCUT2D eigenvalue weighted by Crippen LogP contribution is 2.54. The minimum atomic E-state index is -1.58. The van der Waals surface area contributed by atoms with Crippen molar-refractivity contribution in [2.75, 3.05) is 19.6 Å². The summed E-state index contributed by atoms with van der Waals surface area (Å²) in [6, 6.07) is 10.2. The van der Waals surface area contributed by atoms with E-state index in [9.17, 15) is 15.8 Å². The number of hydrogen-bond acceptors (Lipinski definition) is 6. The summed E-state index contributed by atoms with van der Waals surface area (Å²) in [5, 5.41) is 39.7. The Kier molecular flexibility index (Phi) is 4.24. The smallest absolute Gasteiger partial charge is 0.190 e. The Morgan fingerprint density at radius 2 is 2.12 bits per heavy atom. The van der Waals surface area contributed by atoms with Gasteiger partial charge >= 0.3 is 0 Å². The fourth-order valence-corrected chi connectivity index (χ4v) is 4.86. The largest absolute Gasteiger partial charge is 0.305 e. The number of hydrogen-bond donors (Lipinski definition) is 1. The lowest BCUT2D eigenvalue weighted by Crippen LogP contribution is -2.52. The van der Waals surface area contributed by atoms with E-state index in [4.69, 9.17) is 5.41 Å². The molecule has 1 fully saturated rings. The summed E-state index contributed by atoms with van der Waals surface area (Å²) in [6.07, 6.45) is 2.03. The predicted molar refractivity (Wildman–Crippen MR) is 91.2 cm³/mol. The average Bonchev–Trinajstić information content (AvgIpc) is 3.14. The van der Waals surface area contributed by atoms with Gasteiger partial charge in [0.05, 0.1) is 23.9 Å². The Hall–Kier alpha value is -2.46. The van der Waals surface area contributed by atoms with Gasteiger partial charge in [-0.3, -0.25) is 4.90 Å². The van der Waals surface area contributed by atoms with E-state index >= 15 is 0 Å². The highest BCUT2D eigenvalue weighted by atomic mass is 32.1. The van der Waals surface area contributed by atoms with Gasteiger partial charge in [0.25, 0.3) is 0 Å². The quantitative estimate of drug-likeness (QED) is 0.840. The second-order valence-corrected chi connectivity index (χ2v) is 7.14. The highest BCUT2D eigenvalue weighted by molar-refractivity contribution is 7.10. The van der Waals surface area contributed by atoms with Gasteiger partial charge in [0.2, 0.25) is 0 Å². The summed E-state index contributed by atoms with van der Waals surface area (Å²) < 4.78 is 0. The molecule has 2 heterocycles. The van der Waals surface area contributed by atoms with Crippen LogP contribution in [0.4, 0.5) is 0 Å². The van der Waals surface area contributed by atoms with E-state index in [2.05, 4.69) is 30.0 Å². The third-order valence-electron chi connectivity index (χ3n) is 5.16. The third-order valence-corrected chi connectivity index (χ3v) is 6.12. The molecule has 1 aliphatic carbocycles. The van der Waals surface area contributed by atoms with Crippen molar-refractivity contribution >= 4 is 17.0 Å². The molecular formula is C18H17N5S. The monoisotopic (exact) mass is 335 g/mol. The molecule has 0 radical (unpaired) electrons. The summed E-state index contributed by atoms with van der Waals surface area (Å²) in [6.45, 7) is 4.41. The Balaban J connectivity index is 2.23. The number of nitrogens with one attached hydrogen (secondary N) is 1. The second kappa shape index (κ2) is 6.21. The van der Waals surface area contributed by atoms with Crippen LogP contribution in [0.1, 0.15) is 17.7 Å². The van der Waals surface area contributed by atoms with Crippen molar-refractivity contribution in [3.63, 3.8) is 0 Å². The lowest BCUT2D eigenvalue weighted by molar-refractivity contribution is 0.213. The van der Waals surface area contributed by atoms with E-state index in [-0.39, 0.29) is 11.6 Å². The third kappa shape index (κ3) is 2.18. The normalized spacial score (nSPS) is 28.8. The summed E-state index contributed by atoms with van der Waals surface area (Å²) in [5.74, 6) is -1.26. The first-order chi connectivity index (χ1) is 11.6. The summed E-state index contributed by atoms with van der Waals surface area (Å²) in [5.41, 5.74) is -0.739. The molecule has 120 valence electrons. The number of nitrogens with zero attached hydrogens (tertiary/aromatic N) is 4. The molecule has 0 saturated heterocycles. The lowest BCUT2D eigenvalue weighted by Gasteiger charge is -2.47. The summed E-state index contributed by atoms with van der Waals surface area (Å²) in [7, 11) is 0. The van der Waals surface area contributed by atoms with Crippen molar-refractivity contribution in [3.05, 3.63) is 34.0 Å². The van der Waals surface area contributed by atoms with Crippen LogP contribution in [-0.2, 0) is 0 Å². The molecular weight excluding hydrogens is 318 g/mol. The molecule has 1 aliphatic heterocycles. The fourth-order valence-electron chi connectivity index (χ4n) is 3.90. The van der Waals surface area contributed by atoms with E-state index in [0.717, 1.165) is 23.5 Å². The van der Waals surface area contributed by atoms with Crippen LogP contribution < -0.4 is 0 Å². The van der Waals surface area contributed by atoms with Crippen LogP contribution in [0.3, 0.4) is 0 Å². The van der Waals surface area contributed by atoms with E-state index in [0.29, 0.717) is 6.54 Å². The highest BCUT2D eigenvalue weighted by Gasteiger charge is 2.57. The second-order valence-electron chi connectivity index (χ2n) is 6.16. The maximum atomic E-state index is 9.86. The first-order valence-electron chi connectivity index (χ1n) is 7.89. The van der Waals surface area contributed by atoms with Crippen molar-refractivity contribution in [1.82, 2.24) is 4.90 Å². The zero-order valence-electron chi connectivity index (χ0n) is 13.4. The van der Waals surface area contributed by atoms with Crippen LogP contribution in [0.2, 0.25) is 0 Å². The Morgan fingerprint density at radius 3 is 2.67 bits per heavy atom. The predicted octanol–water partition coefficient (Wildman–Crippen LogP) is 2.92. The average molecular weight is 335 g/mol. The SMILES string of the molecule is CCN1CC=C2C(C#N)C(=N)C(C#N)(C#N)[C@@H](c3cccs3)[C@H]2C1. The number of rotatable bonds is 2. The molecule has 3 atom stereocenters. The molecule has 24 heavy (non-hydrogen) atoms. The zero-order valence-corrected chi connectivity index (χ0v) is 14.2. The molecule has 1 N–H and O–H groups in total. The van der Waals surface area contributed by atoms with Gasteiger partial charge in [-0.05, 0) is 23.6 Å². The molecule has 1 saturated carbocycles. The van der Waals surface area contributed by atoms with Crippen LogP contribution in [0.15, 0.2) is 29.2 Å². The molecule has 0 aromatic carbocycles. The van der Waals surface area contributed by atoms with Crippen molar-refractivity contribution < 1.29 is 0 Å². The van der Waals surface area contributed by atoms with Gasteiger partial charge in [0.1, 0.15) is 5.92 Å². The van der Waals surface area contributed by atoms with Gasteiger partial charge in [0, 0.05) is 29.8 Å². The minimum absolute atomic E-state index is 0.0687. The zero-order chi connectivity index (χ0) is 17.3. The number of thiophene rings is 1. The molecule has 2 aliphatic rings. The molecule has 0 amide bonds. The first-order valence-corrected chi connectivity index (χ1v) is 8.77. The fraction of sp³-hybridized carbons (Fsp3) is 0.444. The molecule has 6 heteroatoms. The van der Waals surface area contributed by atoms with Crippen molar-refractivity contribution in [3.8, 4) is 18.2 Å². The maximum Gasteiger partial charge on any atom is 0.190 e. The van der Waals surface area contributed by atoms with Crippen molar-refractivity contribution in [2.45, 2.75) is 12.8 Å². The number of fused-ring (bicyclic) bond motifs is 1. The van der Waals surface area contributed by atoms with E-state index in [1.165, 1.54) is 11.3 Å². The van der Waals surface area contributed by atoms with Gasteiger partial charge < -0.3 is 5.41 Å². The summed E-state index contributed by atoms with van der Waals surface area (Å²) >= 11 is 1.51. The first kappa shape index (κ1) is 16.4. The lowest BCUT2D eigenvalue weighted by atomic mass is 9.55. The summed E-state index contributed by atoms with van der Waals surface area (Å²) in [4.78, 5) is 3.19. The van der Waals surface area contributed by atoms with Crippen LogP contribution in [0.25, 0.3) is 0 Å². The van der Waals surface area contributed by atoms with Gasteiger partial charge in [0.15, 0.2) is 5.41 Å². The standard InChI is InChI=1S/C18H17N5S/c1-2-23-6-5-12-13(8-19)17(22)18(10-20,11-21)16(14(12)9-23)15-4-3-7-24-15/h3-5,7,13-14,16,22H,2,6,9H2,1H3/t13?,14-,16+/m0/s1. The maximum absolute atomic E-state index is 9.86. The van der Waals surface area contributed by atoms with Crippen molar-refractivity contribution in [2.24, 2.45) is 17.3 Å². The van der Waals surface area contributed by atoms with Gasteiger partial charge in [-0.2, -0.15) is 15.8 Å². The molecule has 3 rings (SSSR count). The molecule has 1 aromatic heterocycles. The van der Waals surface area contributed by atoms with Crippen LogP contribution in [0, 0.1) is 56.7 Å². The van der Waals surface area contributed by atoms with Gasteiger partial charge in [-0.25, -0.2) is 0 Å².